The SMILES string of the molecule is Cc1nn(CC(C)C)c(C)c1CCC(=O)NCc1ccc(C(=O)N2CCCC2)cc1. The van der Waals surface area contributed by atoms with E-state index in [4.69, 9.17) is 0 Å². The number of carbonyl (C=O) groups excluding carboxylic acids is 2. The smallest absolute Gasteiger partial charge is 0.253 e. The van der Waals surface area contributed by atoms with Crippen molar-refractivity contribution in [3.05, 3.63) is 52.3 Å². The van der Waals surface area contributed by atoms with Gasteiger partial charge in [0.05, 0.1) is 5.69 Å². The minimum absolute atomic E-state index is 0.0302. The molecule has 2 aromatic rings. The van der Waals surface area contributed by atoms with Crippen LogP contribution in [0.15, 0.2) is 24.3 Å². The lowest BCUT2D eigenvalue weighted by Gasteiger charge is -2.15. The van der Waals surface area contributed by atoms with Crippen molar-refractivity contribution in [3.63, 3.8) is 0 Å². The molecule has 0 bridgehead atoms. The van der Waals surface area contributed by atoms with Crippen LogP contribution in [-0.2, 0) is 24.3 Å². The number of aromatic nitrogens is 2. The van der Waals surface area contributed by atoms with Gasteiger partial charge in [-0.15, -0.1) is 0 Å². The predicted octanol–water partition coefficient (Wildman–Crippen LogP) is 3.64. The highest BCUT2D eigenvalue weighted by Gasteiger charge is 2.19. The number of likely N-dealkylation sites (tertiary alicyclic amines) is 1. The third-order valence-electron chi connectivity index (χ3n) is 5.76. The summed E-state index contributed by atoms with van der Waals surface area (Å²) in [6.07, 6.45) is 3.33. The Morgan fingerprint density at radius 1 is 1.10 bits per heavy atom. The van der Waals surface area contributed by atoms with Crippen molar-refractivity contribution >= 4 is 11.8 Å². The van der Waals surface area contributed by atoms with Gasteiger partial charge in [-0.25, -0.2) is 0 Å². The van der Waals surface area contributed by atoms with Crippen LogP contribution in [0.5, 0.6) is 0 Å². The lowest BCUT2D eigenvalue weighted by atomic mass is 10.1. The van der Waals surface area contributed by atoms with Gasteiger partial charge in [0, 0.05) is 43.9 Å². The van der Waals surface area contributed by atoms with E-state index in [1.807, 2.05) is 36.1 Å². The first-order valence-corrected chi connectivity index (χ1v) is 11.0. The summed E-state index contributed by atoms with van der Waals surface area (Å²) in [5, 5.41) is 7.62. The molecule has 0 radical (unpaired) electrons. The highest BCUT2D eigenvalue weighted by atomic mass is 16.2. The fraction of sp³-hybridized carbons (Fsp3) is 0.542. The van der Waals surface area contributed by atoms with E-state index in [0.29, 0.717) is 25.3 Å². The van der Waals surface area contributed by atoms with Crippen molar-refractivity contribution in [1.82, 2.24) is 20.0 Å². The summed E-state index contributed by atoms with van der Waals surface area (Å²) in [4.78, 5) is 26.7. The van der Waals surface area contributed by atoms with Gasteiger partial charge in [-0.3, -0.25) is 14.3 Å². The number of benzene rings is 1. The maximum absolute atomic E-state index is 12.4. The highest BCUT2D eigenvalue weighted by molar-refractivity contribution is 5.94. The van der Waals surface area contributed by atoms with E-state index in [1.54, 1.807) is 0 Å². The normalized spacial score (nSPS) is 13.8. The van der Waals surface area contributed by atoms with E-state index >= 15 is 0 Å². The van der Waals surface area contributed by atoms with Crippen molar-refractivity contribution in [2.75, 3.05) is 13.1 Å². The minimum Gasteiger partial charge on any atom is -0.352 e. The summed E-state index contributed by atoms with van der Waals surface area (Å²) in [7, 11) is 0. The van der Waals surface area contributed by atoms with Gasteiger partial charge >= 0.3 is 0 Å². The quantitative estimate of drug-likeness (QED) is 0.722. The number of amides is 2. The standard InChI is InChI=1S/C24H34N4O2/c1-17(2)16-28-19(4)22(18(3)26-28)11-12-23(29)25-15-20-7-9-21(10-8-20)24(30)27-13-5-6-14-27/h7-10,17H,5-6,11-16H2,1-4H3,(H,25,29). The molecule has 0 spiro atoms. The molecule has 1 aliphatic heterocycles. The number of aryl methyl sites for hydroxylation is 1. The molecule has 6 nitrogen and oxygen atoms in total. The molecule has 3 rings (SSSR count). The van der Waals surface area contributed by atoms with E-state index in [9.17, 15) is 9.59 Å². The first-order chi connectivity index (χ1) is 14.3. The van der Waals surface area contributed by atoms with Gasteiger partial charge in [0.15, 0.2) is 0 Å². The second-order valence-corrected chi connectivity index (χ2v) is 8.70. The number of hydrogen-bond acceptors (Lipinski definition) is 3. The molecule has 2 amide bonds. The second-order valence-electron chi connectivity index (χ2n) is 8.70. The Labute approximate surface area is 179 Å². The van der Waals surface area contributed by atoms with Gasteiger partial charge < -0.3 is 10.2 Å². The molecule has 162 valence electrons. The first kappa shape index (κ1) is 22.1. The van der Waals surface area contributed by atoms with Crippen LogP contribution in [0.3, 0.4) is 0 Å². The second kappa shape index (κ2) is 9.92. The van der Waals surface area contributed by atoms with Gasteiger partial charge in [0.25, 0.3) is 5.91 Å². The zero-order valence-electron chi connectivity index (χ0n) is 18.7. The zero-order chi connectivity index (χ0) is 21.7. The van der Waals surface area contributed by atoms with Crippen molar-refractivity contribution < 1.29 is 9.59 Å². The average Bonchev–Trinajstić information content (AvgIpc) is 3.34. The van der Waals surface area contributed by atoms with E-state index < -0.39 is 0 Å². The first-order valence-electron chi connectivity index (χ1n) is 11.0. The third kappa shape index (κ3) is 5.49. The molecule has 0 aliphatic carbocycles. The van der Waals surface area contributed by atoms with Gasteiger partial charge in [0.2, 0.25) is 5.91 Å². The largest absolute Gasteiger partial charge is 0.352 e. The van der Waals surface area contributed by atoms with Crippen molar-refractivity contribution in [2.45, 2.75) is 66.5 Å². The highest BCUT2D eigenvalue weighted by Crippen LogP contribution is 2.17. The van der Waals surface area contributed by atoms with E-state index in [0.717, 1.165) is 55.0 Å². The van der Waals surface area contributed by atoms with Crippen LogP contribution in [0.1, 0.15) is 66.0 Å². The Bertz CT molecular complexity index is 877. The van der Waals surface area contributed by atoms with Crippen LogP contribution in [-0.4, -0.2) is 39.6 Å². The van der Waals surface area contributed by atoms with Crippen LogP contribution in [0.2, 0.25) is 0 Å². The van der Waals surface area contributed by atoms with Crippen LogP contribution < -0.4 is 5.32 Å². The molecule has 0 saturated carbocycles. The summed E-state index contributed by atoms with van der Waals surface area (Å²) < 4.78 is 2.05. The molecule has 1 N–H and O–H groups in total. The van der Waals surface area contributed by atoms with E-state index in [1.165, 1.54) is 5.56 Å². The summed E-state index contributed by atoms with van der Waals surface area (Å²) in [6.45, 7) is 11.5. The minimum atomic E-state index is 0.0302. The Morgan fingerprint density at radius 2 is 1.77 bits per heavy atom. The Kier molecular flexibility index (Phi) is 7.29. The topological polar surface area (TPSA) is 67.2 Å². The van der Waals surface area contributed by atoms with Crippen LogP contribution in [0.25, 0.3) is 0 Å². The molecule has 0 unspecified atom stereocenters. The van der Waals surface area contributed by atoms with Gasteiger partial charge in [-0.05, 0) is 62.3 Å². The zero-order valence-corrected chi connectivity index (χ0v) is 18.7. The summed E-state index contributed by atoms with van der Waals surface area (Å²) in [6, 6.07) is 7.57. The maximum Gasteiger partial charge on any atom is 0.253 e. The molecule has 30 heavy (non-hydrogen) atoms. The molecule has 2 heterocycles. The van der Waals surface area contributed by atoms with Crippen molar-refractivity contribution in [3.8, 4) is 0 Å². The molecule has 1 aliphatic rings. The fourth-order valence-electron chi connectivity index (χ4n) is 4.01. The summed E-state index contributed by atoms with van der Waals surface area (Å²) in [5.41, 5.74) is 5.07. The molecular formula is C24H34N4O2. The Hall–Kier alpha value is -2.63. The molecule has 1 aromatic heterocycles. The van der Waals surface area contributed by atoms with Crippen LogP contribution in [0, 0.1) is 19.8 Å². The Morgan fingerprint density at radius 3 is 2.40 bits per heavy atom. The lowest BCUT2D eigenvalue weighted by Crippen LogP contribution is -2.27. The molecular weight excluding hydrogens is 376 g/mol. The van der Waals surface area contributed by atoms with E-state index in [-0.39, 0.29) is 11.8 Å². The van der Waals surface area contributed by atoms with Gasteiger partial charge in [-0.2, -0.15) is 5.10 Å². The van der Waals surface area contributed by atoms with Crippen LogP contribution >= 0.6 is 0 Å². The van der Waals surface area contributed by atoms with E-state index in [2.05, 4.69) is 35.9 Å². The lowest BCUT2D eigenvalue weighted by molar-refractivity contribution is -0.121. The number of nitrogens with one attached hydrogen (secondary N) is 1. The summed E-state index contributed by atoms with van der Waals surface area (Å²) in [5.74, 6) is 0.672. The molecule has 1 fully saturated rings. The maximum atomic E-state index is 12.4. The molecule has 1 saturated heterocycles. The number of rotatable bonds is 8. The van der Waals surface area contributed by atoms with Gasteiger partial charge in [-0.1, -0.05) is 26.0 Å². The molecule has 1 aromatic carbocycles. The number of nitrogens with zero attached hydrogens (tertiary/aromatic N) is 3. The third-order valence-corrected chi connectivity index (χ3v) is 5.76. The fourth-order valence-corrected chi connectivity index (χ4v) is 4.01. The predicted molar refractivity (Wildman–Crippen MR) is 118 cm³/mol. The average molecular weight is 411 g/mol. The van der Waals surface area contributed by atoms with Crippen molar-refractivity contribution in [2.24, 2.45) is 5.92 Å². The summed E-state index contributed by atoms with van der Waals surface area (Å²) >= 11 is 0. The van der Waals surface area contributed by atoms with Gasteiger partial charge in [0.1, 0.15) is 0 Å². The Balaban J connectivity index is 1.48. The monoisotopic (exact) mass is 410 g/mol. The molecule has 6 heteroatoms. The van der Waals surface area contributed by atoms with Crippen LogP contribution in [0.4, 0.5) is 0 Å². The molecule has 0 atom stereocenters. The van der Waals surface area contributed by atoms with Crippen molar-refractivity contribution in [1.29, 1.82) is 0 Å². The number of carbonyl (C=O) groups is 2. The number of hydrogen-bond donors (Lipinski definition) is 1.